The smallest absolute Gasteiger partial charge is 0.321 e. The molecule has 2 aliphatic rings. The maximum Gasteiger partial charge on any atom is 0.321 e. The van der Waals surface area contributed by atoms with Crippen molar-refractivity contribution in [2.45, 2.75) is 32.2 Å². The number of ether oxygens (including phenoxy) is 3. The van der Waals surface area contributed by atoms with Gasteiger partial charge in [0.25, 0.3) is 0 Å². The summed E-state index contributed by atoms with van der Waals surface area (Å²) in [5.74, 6) is -1.37. The second-order valence-electron chi connectivity index (χ2n) is 8.45. The summed E-state index contributed by atoms with van der Waals surface area (Å²) in [6.07, 6.45) is 0. The molecule has 1 aromatic rings. The quantitative estimate of drug-likeness (QED) is 0.403. The zero-order valence-electron chi connectivity index (χ0n) is 17.1. The number of nitrogens with zero attached hydrogens (tertiary/aromatic N) is 1. The third kappa shape index (κ3) is 4.54. The Balaban J connectivity index is 1.70. The van der Waals surface area contributed by atoms with Crippen molar-refractivity contribution in [3.8, 4) is 5.75 Å². The number of esters is 2. The van der Waals surface area contributed by atoms with Crippen LogP contribution in [0.25, 0.3) is 0 Å². The fourth-order valence-electron chi connectivity index (χ4n) is 3.08. The van der Waals surface area contributed by atoms with Gasteiger partial charge < -0.3 is 24.8 Å². The lowest BCUT2D eigenvalue weighted by Gasteiger charge is -2.52. The number of nitrogens with two attached hydrogens (primary N) is 1. The summed E-state index contributed by atoms with van der Waals surface area (Å²) in [6, 6.07) is 4.94. The van der Waals surface area contributed by atoms with E-state index in [1.54, 1.807) is 26.8 Å². The van der Waals surface area contributed by atoms with E-state index in [0.29, 0.717) is 0 Å². The summed E-state index contributed by atoms with van der Waals surface area (Å²) < 4.78 is 29.3. The Morgan fingerprint density at radius 3 is 2.73 bits per heavy atom. The summed E-state index contributed by atoms with van der Waals surface area (Å²) >= 11 is 1.36. The van der Waals surface area contributed by atoms with Gasteiger partial charge in [0.05, 0.1) is 5.41 Å². The third-order valence-corrected chi connectivity index (χ3v) is 6.53. The van der Waals surface area contributed by atoms with Gasteiger partial charge in [-0.1, -0.05) is 6.07 Å². The lowest BCUT2D eigenvalue weighted by Crippen LogP contribution is -2.72. The van der Waals surface area contributed by atoms with Gasteiger partial charge in [-0.05, 0) is 32.9 Å². The fraction of sp³-hybridized carbons (Fsp3) is 0.550. The topological polar surface area (TPSA) is 108 Å². The van der Waals surface area contributed by atoms with E-state index in [1.807, 2.05) is 0 Å². The highest BCUT2D eigenvalue weighted by molar-refractivity contribution is 8.00. The number of carbonyl (C=O) groups excluding carboxylic acids is 3. The van der Waals surface area contributed by atoms with Crippen LogP contribution in [0.2, 0.25) is 0 Å². The van der Waals surface area contributed by atoms with Crippen LogP contribution in [0.1, 0.15) is 20.8 Å². The number of rotatable bonds is 6. The Hall–Kier alpha value is -2.33. The number of amides is 1. The Morgan fingerprint density at radius 1 is 1.33 bits per heavy atom. The maximum atomic E-state index is 13.5. The first-order chi connectivity index (χ1) is 14.0. The predicted octanol–water partition coefficient (Wildman–Crippen LogP) is 1.52. The molecule has 0 spiro atoms. The first kappa shape index (κ1) is 22.4. The monoisotopic (exact) mass is 440 g/mol. The molecule has 164 valence electrons. The minimum absolute atomic E-state index is 0.0541. The number of halogens is 1. The van der Waals surface area contributed by atoms with Gasteiger partial charge in [-0.15, -0.1) is 11.8 Å². The molecule has 30 heavy (non-hydrogen) atoms. The second kappa shape index (κ2) is 8.43. The molecule has 2 saturated heterocycles. The lowest BCUT2D eigenvalue weighted by atomic mass is 9.88. The van der Waals surface area contributed by atoms with Crippen LogP contribution in [0.3, 0.4) is 0 Å². The van der Waals surface area contributed by atoms with Crippen molar-refractivity contribution >= 4 is 29.6 Å². The maximum absolute atomic E-state index is 13.5. The van der Waals surface area contributed by atoms with E-state index < -0.39 is 41.4 Å². The molecule has 2 fully saturated rings. The number of β-lactam (4-membered cyclic amide) rings is 1. The molecule has 8 nitrogen and oxygen atoms in total. The summed E-state index contributed by atoms with van der Waals surface area (Å²) in [5.41, 5.74) is 3.87. The van der Waals surface area contributed by atoms with Crippen LogP contribution in [-0.2, 0) is 23.9 Å². The molecule has 2 N–H and O–H groups in total. The number of carbonyl (C=O) groups is 3. The number of hydrogen-bond acceptors (Lipinski definition) is 8. The van der Waals surface area contributed by atoms with Crippen molar-refractivity contribution in [3.63, 3.8) is 0 Å². The molecule has 3 atom stereocenters. The van der Waals surface area contributed by atoms with Crippen LogP contribution in [0.15, 0.2) is 24.3 Å². The molecule has 1 aromatic carbocycles. The van der Waals surface area contributed by atoms with Gasteiger partial charge in [-0.2, -0.15) is 0 Å². The van der Waals surface area contributed by atoms with Crippen molar-refractivity contribution in [1.82, 2.24) is 4.90 Å². The lowest BCUT2D eigenvalue weighted by molar-refractivity contribution is -0.181. The molecular formula is C20H25FN2O6S. The van der Waals surface area contributed by atoms with E-state index in [9.17, 15) is 18.8 Å². The van der Waals surface area contributed by atoms with Gasteiger partial charge in [-0.25, -0.2) is 4.39 Å². The van der Waals surface area contributed by atoms with Crippen LogP contribution >= 0.6 is 11.8 Å². The van der Waals surface area contributed by atoms with Crippen molar-refractivity contribution in [1.29, 1.82) is 0 Å². The van der Waals surface area contributed by atoms with Crippen LogP contribution in [0.5, 0.6) is 5.75 Å². The molecule has 0 radical (unpaired) electrons. The molecule has 0 aliphatic carbocycles. The van der Waals surface area contributed by atoms with Crippen molar-refractivity contribution in [2.24, 2.45) is 16.6 Å². The largest absolute Gasteiger partial charge is 0.492 e. The van der Waals surface area contributed by atoms with Gasteiger partial charge in [0, 0.05) is 18.4 Å². The third-order valence-electron chi connectivity index (χ3n) is 4.92. The van der Waals surface area contributed by atoms with Crippen LogP contribution in [-0.4, -0.2) is 59.9 Å². The van der Waals surface area contributed by atoms with Crippen molar-refractivity contribution in [2.75, 3.05) is 25.7 Å². The molecule has 10 heteroatoms. The number of benzene rings is 1. The van der Waals surface area contributed by atoms with Crippen LogP contribution in [0.4, 0.5) is 4.39 Å². The zero-order valence-corrected chi connectivity index (χ0v) is 17.9. The van der Waals surface area contributed by atoms with Gasteiger partial charge in [0.1, 0.15) is 35.0 Å². The first-order valence-electron chi connectivity index (χ1n) is 9.44. The number of thioether (sulfide) groups is 1. The zero-order chi connectivity index (χ0) is 22.1. The van der Waals surface area contributed by atoms with Crippen LogP contribution < -0.4 is 10.5 Å². The molecule has 2 heterocycles. The molecule has 1 amide bonds. The predicted molar refractivity (Wildman–Crippen MR) is 107 cm³/mol. The summed E-state index contributed by atoms with van der Waals surface area (Å²) in [7, 11) is 0. The van der Waals surface area contributed by atoms with Gasteiger partial charge >= 0.3 is 11.9 Å². The Kier molecular flexibility index (Phi) is 6.28. The Labute approximate surface area is 178 Å². The fourth-order valence-corrected chi connectivity index (χ4v) is 4.55. The van der Waals surface area contributed by atoms with Gasteiger partial charge in [-0.3, -0.25) is 14.4 Å². The van der Waals surface area contributed by atoms with E-state index in [2.05, 4.69) is 0 Å². The average Bonchev–Trinajstić information content (AvgIpc) is 2.70. The molecular weight excluding hydrogens is 415 g/mol. The molecule has 2 unspecified atom stereocenters. The van der Waals surface area contributed by atoms with E-state index in [0.717, 1.165) is 0 Å². The summed E-state index contributed by atoms with van der Waals surface area (Å²) in [6.45, 7) is 4.42. The Bertz CT molecular complexity index is 845. The van der Waals surface area contributed by atoms with Crippen LogP contribution in [0, 0.1) is 16.6 Å². The van der Waals surface area contributed by atoms with Crippen molar-refractivity contribution < 1.29 is 33.0 Å². The highest BCUT2D eigenvalue weighted by atomic mass is 32.2. The highest BCUT2D eigenvalue weighted by Gasteiger charge is 2.56. The highest BCUT2D eigenvalue weighted by Crippen LogP contribution is 2.42. The summed E-state index contributed by atoms with van der Waals surface area (Å²) in [4.78, 5) is 38.5. The molecule has 0 aromatic heterocycles. The molecule has 2 aliphatic heterocycles. The number of hydrogen-bond donors (Lipinski definition) is 1. The molecule has 0 saturated carbocycles. The van der Waals surface area contributed by atoms with Crippen molar-refractivity contribution in [3.05, 3.63) is 30.1 Å². The van der Waals surface area contributed by atoms with E-state index >= 15 is 0 Å². The van der Waals surface area contributed by atoms with Gasteiger partial charge in [0.2, 0.25) is 12.7 Å². The first-order valence-corrected chi connectivity index (χ1v) is 10.5. The SMILES string of the molecule is CC(C)(C)C(=O)OCOC(=O)C1(COc2cccc(F)c2)CS[C@@H]2C(N)C(=O)N2C1. The van der Waals surface area contributed by atoms with E-state index in [4.69, 9.17) is 19.9 Å². The minimum Gasteiger partial charge on any atom is -0.492 e. The molecule has 0 bridgehead atoms. The normalized spacial score (nSPS) is 25.8. The Morgan fingerprint density at radius 2 is 2.07 bits per heavy atom. The van der Waals surface area contributed by atoms with E-state index in [-0.39, 0.29) is 35.9 Å². The minimum atomic E-state index is -1.21. The van der Waals surface area contributed by atoms with Gasteiger partial charge in [0.15, 0.2) is 0 Å². The van der Waals surface area contributed by atoms with E-state index in [1.165, 1.54) is 34.9 Å². The number of fused-ring (bicyclic) bond motifs is 1. The summed E-state index contributed by atoms with van der Waals surface area (Å²) in [5, 5.41) is -0.202. The standard InChI is InChI=1S/C20H25FN2O6S/c1-19(2,3)17(25)28-11-29-18(26)20(9-27-13-6-4-5-12(21)7-13)8-23-15(24)14(22)16(23)30-10-20/h4-7,14,16H,8-11,22H2,1-3H3/t14?,16-,20?/m1/s1. The second-order valence-corrected chi connectivity index (χ2v) is 9.56. The average molecular weight is 440 g/mol. The molecule has 3 rings (SSSR count).